The van der Waals surface area contributed by atoms with Crippen molar-refractivity contribution in [3.63, 3.8) is 0 Å². The fourth-order valence-corrected chi connectivity index (χ4v) is 3.86. The topological polar surface area (TPSA) is 46.3 Å². The Labute approximate surface area is 102 Å². The molecule has 0 saturated carbocycles. The highest BCUT2D eigenvalue weighted by Crippen LogP contribution is 2.29. The molecule has 2 N–H and O–H groups in total. The molecule has 0 aromatic carbocycles. The highest BCUT2D eigenvalue weighted by molar-refractivity contribution is 8.00. The highest BCUT2D eigenvalue weighted by atomic mass is 32.2. The van der Waals surface area contributed by atoms with E-state index in [1.807, 2.05) is 11.8 Å². The molecule has 0 aromatic rings. The van der Waals surface area contributed by atoms with Crippen LogP contribution in [0.2, 0.25) is 0 Å². The smallest absolute Gasteiger partial charge is 0.235 e. The molecule has 3 unspecified atom stereocenters. The lowest BCUT2D eigenvalue weighted by Crippen LogP contribution is -2.47. The number of rotatable bonds is 2. The minimum absolute atomic E-state index is 0.215. The third-order valence-corrected chi connectivity index (χ3v) is 5.08. The fourth-order valence-electron chi connectivity index (χ4n) is 2.62. The van der Waals surface area contributed by atoms with Gasteiger partial charge in [-0.2, -0.15) is 0 Å². The molecule has 0 spiro atoms. The molecule has 16 heavy (non-hydrogen) atoms. The second-order valence-electron chi connectivity index (χ2n) is 5.05. The molecule has 2 aliphatic heterocycles. The number of piperidine rings is 1. The molecule has 3 nitrogen and oxygen atoms in total. The van der Waals surface area contributed by atoms with Crippen LogP contribution in [0, 0.1) is 5.92 Å². The zero-order valence-corrected chi connectivity index (χ0v) is 10.8. The van der Waals surface area contributed by atoms with Crippen LogP contribution in [0.5, 0.6) is 0 Å². The van der Waals surface area contributed by atoms with Gasteiger partial charge >= 0.3 is 0 Å². The van der Waals surface area contributed by atoms with Gasteiger partial charge < -0.3 is 10.6 Å². The Balaban J connectivity index is 1.90. The van der Waals surface area contributed by atoms with Crippen LogP contribution < -0.4 is 5.73 Å². The van der Waals surface area contributed by atoms with Crippen molar-refractivity contribution in [2.75, 3.05) is 18.8 Å². The lowest BCUT2D eigenvalue weighted by Gasteiger charge is -2.35. The van der Waals surface area contributed by atoms with E-state index in [9.17, 15) is 4.79 Å². The van der Waals surface area contributed by atoms with Gasteiger partial charge in [0.2, 0.25) is 5.91 Å². The maximum absolute atomic E-state index is 12.2. The van der Waals surface area contributed by atoms with Crippen LogP contribution in [0.4, 0.5) is 0 Å². The maximum Gasteiger partial charge on any atom is 0.235 e. The van der Waals surface area contributed by atoms with E-state index >= 15 is 0 Å². The Morgan fingerprint density at radius 2 is 2.25 bits per heavy atom. The van der Waals surface area contributed by atoms with E-state index in [1.54, 1.807) is 0 Å². The minimum Gasteiger partial charge on any atom is -0.341 e. The molecule has 4 heteroatoms. The van der Waals surface area contributed by atoms with Crippen LogP contribution in [-0.2, 0) is 4.79 Å². The predicted octanol–water partition coefficient (Wildman–Crippen LogP) is 1.47. The molecule has 2 heterocycles. The van der Waals surface area contributed by atoms with Crippen LogP contribution in [0.25, 0.3) is 0 Å². The van der Waals surface area contributed by atoms with Crippen LogP contribution in [0.1, 0.15) is 32.6 Å². The monoisotopic (exact) mass is 242 g/mol. The van der Waals surface area contributed by atoms with Crippen molar-refractivity contribution in [2.45, 2.75) is 43.9 Å². The zero-order valence-electron chi connectivity index (χ0n) is 10.0. The number of hydrogen-bond donors (Lipinski definition) is 1. The second-order valence-corrected chi connectivity index (χ2v) is 6.36. The Bertz CT molecular complexity index is 251. The van der Waals surface area contributed by atoms with Crippen molar-refractivity contribution in [2.24, 2.45) is 11.7 Å². The van der Waals surface area contributed by atoms with Crippen molar-refractivity contribution in [1.82, 2.24) is 4.90 Å². The molecule has 2 saturated heterocycles. The van der Waals surface area contributed by atoms with Crippen molar-refractivity contribution in [3.8, 4) is 0 Å². The van der Waals surface area contributed by atoms with Gasteiger partial charge in [-0.25, -0.2) is 0 Å². The molecule has 1 amide bonds. The summed E-state index contributed by atoms with van der Waals surface area (Å²) in [4.78, 5) is 14.3. The first-order valence-electron chi connectivity index (χ1n) is 6.34. The Morgan fingerprint density at radius 3 is 2.88 bits per heavy atom. The Kier molecular flexibility index (Phi) is 4.14. The van der Waals surface area contributed by atoms with Gasteiger partial charge in [0.1, 0.15) is 0 Å². The lowest BCUT2D eigenvalue weighted by molar-refractivity contribution is -0.132. The molecule has 2 rings (SSSR count). The largest absolute Gasteiger partial charge is 0.341 e. The molecular formula is C12H22N2OS. The van der Waals surface area contributed by atoms with Crippen LogP contribution in [-0.4, -0.2) is 40.9 Å². The molecule has 0 bridgehead atoms. The van der Waals surface area contributed by atoms with Crippen LogP contribution in [0.15, 0.2) is 0 Å². The summed E-state index contributed by atoms with van der Waals surface area (Å²) in [5, 5.41) is 0.242. The number of carbonyl (C=O) groups is 1. The van der Waals surface area contributed by atoms with Gasteiger partial charge in [0.15, 0.2) is 0 Å². The zero-order chi connectivity index (χ0) is 11.5. The van der Waals surface area contributed by atoms with Gasteiger partial charge in [-0.1, -0.05) is 0 Å². The highest BCUT2D eigenvalue weighted by Gasteiger charge is 2.31. The number of thioether (sulfide) groups is 1. The average Bonchev–Trinajstić information content (AvgIpc) is 2.81. The maximum atomic E-state index is 12.2. The molecule has 0 aliphatic carbocycles. The van der Waals surface area contributed by atoms with Crippen molar-refractivity contribution in [3.05, 3.63) is 0 Å². The van der Waals surface area contributed by atoms with Crippen LogP contribution >= 0.6 is 11.8 Å². The van der Waals surface area contributed by atoms with Gasteiger partial charge in [0.05, 0.1) is 5.25 Å². The Morgan fingerprint density at radius 1 is 1.44 bits per heavy atom. The van der Waals surface area contributed by atoms with E-state index in [0.717, 1.165) is 31.7 Å². The SMILES string of the molecule is CC(N)C1CCCN(C(=O)C2CCCS2)C1. The van der Waals surface area contributed by atoms with E-state index < -0.39 is 0 Å². The van der Waals surface area contributed by atoms with E-state index in [4.69, 9.17) is 5.73 Å². The molecule has 0 aromatic heterocycles. The fraction of sp³-hybridized carbons (Fsp3) is 0.917. The first kappa shape index (κ1) is 12.2. The van der Waals surface area contributed by atoms with E-state index in [-0.39, 0.29) is 11.3 Å². The molecule has 2 fully saturated rings. The second kappa shape index (κ2) is 5.41. The van der Waals surface area contributed by atoms with E-state index in [1.165, 1.54) is 12.8 Å². The normalized spacial score (nSPS) is 32.8. The van der Waals surface area contributed by atoms with Gasteiger partial charge in [-0.3, -0.25) is 4.79 Å². The summed E-state index contributed by atoms with van der Waals surface area (Å²) in [6.07, 6.45) is 4.57. The Hall–Kier alpha value is -0.220. The quantitative estimate of drug-likeness (QED) is 0.797. The summed E-state index contributed by atoms with van der Waals surface area (Å²) >= 11 is 1.83. The molecule has 3 atom stereocenters. The van der Waals surface area contributed by atoms with Gasteiger partial charge in [-0.05, 0) is 44.3 Å². The van der Waals surface area contributed by atoms with Gasteiger partial charge in [0.25, 0.3) is 0 Å². The summed E-state index contributed by atoms with van der Waals surface area (Å²) < 4.78 is 0. The third-order valence-electron chi connectivity index (χ3n) is 3.72. The molecule has 92 valence electrons. The first-order valence-corrected chi connectivity index (χ1v) is 7.39. The van der Waals surface area contributed by atoms with Crippen molar-refractivity contribution in [1.29, 1.82) is 0 Å². The van der Waals surface area contributed by atoms with E-state index in [0.29, 0.717) is 11.8 Å². The van der Waals surface area contributed by atoms with E-state index in [2.05, 4.69) is 11.8 Å². The van der Waals surface area contributed by atoms with Crippen molar-refractivity contribution < 1.29 is 4.79 Å². The van der Waals surface area contributed by atoms with Crippen molar-refractivity contribution >= 4 is 17.7 Å². The number of nitrogens with zero attached hydrogens (tertiary/aromatic N) is 1. The summed E-state index contributed by atoms with van der Waals surface area (Å²) in [5.74, 6) is 2.03. The number of amides is 1. The average molecular weight is 242 g/mol. The van der Waals surface area contributed by atoms with Gasteiger partial charge in [0, 0.05) is 19.1 Å². The summed E-state index contributed by atoms with van der Waals surface area (Å²) in [6, 6.07) is 0.215. The number of carbonyl (C=O) groups excluding carboxylic acids is 1. The first-order chi connectivity index (χ1) is 7.68. The lowest BCUT2D eigenvalue weighted by atomic mass is 9.92. The third kappa shape index (κ3) is 2.72. The molecule has 2 aliphatic rings. The molecule has 0 radical (unpaired) electrons. The number of nitrogens with two attached hydrogens (primary N) is 1. The summed E-state index contributed by atoms with van der Waals surface area (Å²) in [6.45, 7) is 3.88. The summed E-state index contributed by atoms with van der Waals surface area (Å²) in [5.41, 5.74) is 5.94. The minimum atomic E-state index is 0.215. The van der Waals surface area contributed by atoms with Gasteiger partial charge in [-0.15, -0.1) is 11.8 Å². The standard InChI is InChI=1S/C12H22N2OS/c1-9(13)10-4-2-6-14(8-10)12(15)11-5-3-7-16-11/h9-11H,2-8,13H2,1H3. The number of hydrogen-bond acceptors (Lipinski definition) is 3. The molecular weight excluding hydrogens is 220 g/mol. The van der Waals surface area contributed by atoms with Crippen LogP contribution in [0.3, 0.4) is 0 Å². The number of likely N-dealkylation sites (tertiary alicyclic amines) is 1. The predicted molar refractivity (Wildman–Crippen MR) is 68.4 cm³/mol. The summed E-state index contributed by atoms with van der Waals surface area (Å²) in [7, 11) is 0.